The lowest BCUT2D eigenvalue weighted by molar-refractivity contribution is -0.119. The van der Waals surface area contributed by atoms with Crippen LogP contribution in [0.3, 0.4) is 0 Å². The highest BCUT2D eigenvalue weighted by Gasteiger charge is 2.12. The molecule has 7 heteroatoms. The number of carbonyl (C=O) groups is 2. The predicted octanol–water partition coefficient (Wildman–Crippen LogP) is 2.72. The zero-order valence-electron chi connectivity index (χ0n) is 13.6. The van der Waals surface area contributed by atoms with Crippen molar-refractivity contribution in [2.24, 2.45) is 0 Å². The van der Waals surface area contributed by atoms with Crippen LogP contribution in [0.25, 0.3) is 0 Å². The van der Waals surface area contributed by atoms with Crippen molar-refractivity contribution < 1.29 is 9.59 Å². The number of anilines is 2. The van der Waals surface area contributed by atoms with Crippen LogP contribution in [0.1, 0.15) is 5.56 Å². The van der Waals surface area contributed by atoms with Crippen molar-refractivity contribution in [1.82, 2.24) is 4.90 Å². The molecule has 0 spiro atoms. The van der Waals surface area contributed by atoms with E-state index in [2.05, 4.69) is 10.6 Å². The van der Waals surface area contributed by atoms with E-state index in [-0.39, 0.29) is 24.9 Å². The minimum Gasteiger partial charge on any atom is -0.325 e. The molecule has 128 valence electrons. The van der Waals surface area contributed by atoms with E-state index in [0.29, 0.717) is 22.0 Å². The number of likely N-dealkylation sites (N-methyl/N-ethyl adjacent to an activating group) is 1. The van der Waals surface area contributed by atoms with Gasteiger partial charge in [-0.2, -0.15) is 5.26 Å². The molecule has 0 aliphatic carbocycles. The number of nitriles is 1. The number of rotatable bonds is 6. The van der Waals surface area contributed by atoms with Crippen LogP contribution in [0.4, 0.5) is 11.4 Å². The van der Waals surface area contributed by atoms with E-state index in [4.69, 9.17) is 16.9 Å². The molecule has 0 atom stereocenters. The van der Waals surface area contributed by atoms with Crippen molar-refractivity contribution in [3.8, 4) is 6.07 Å². The average molecular weight is 357 g/mol. The van der Waals surface area contributed by atoms with Gasteiger partial charge in [-0.15, -0.1) is 0 Å². The van der Waals surface area contributed by atoms with E-state index in [0.717, 1.165) is 0 Å². The number of amides is 2. The molecule has 25 heavy (non-hydrogen) atoms. The van der Waals surface area contributed by atoms with Gasteiger partial charge in [-0.25, -0.2) is 0 Å². The van der Waals surface area contributed by atoms with Crippen molar-refractivity contribution in [2.75, 3.05) is 30.8 Å². The van der Waals surface area contributed by atoms with E-state index in [9.17, 15) is 9.59 Å². The summed E-state index contributed by atoms with van der Waals surface area (Å²) >= 11 is 5.99. The lowest BCUT2D eigenvalue weighted by Gasteiger charge is -2.16. The molecule has 0 aliphatic rings. The number of nitrogens with zero attached hydrogens (tertiary/aromatic N) is 2. The van der Waals surface area contributed by atoms with Gasteiger partial charge in [-0.3, -0.25) is 14.5 Å². The second-order valence-corrected chi connectivity index (χ2v) is 5.85. The maximum absolute atomic E-state index is 12.0. The van der Waals surface area contributed by atoms with E-state index in [1.807, 2.05) is 6.07 Å². The number of hydrogen-bond donors (Lipinski definition) is 2. The summed E-state index contributed by atoms with van der Waals surface area (Å²) in [5.74, 6) is -0.544. The van der Waals surface area contributed by atoms with Gasteiger partial charge in [-0.05, 0) is 37.4 Å². The van der Waals surface area contributed by atoms with Crippen LogP contribution in [-0.4, -0.2) is 36.9 Å². The molecule has 0 unspecified atom stereocenters. The molecular formula is C18H17ClN4O2. The Kier molecular flexibility index (Phi) is 6.52. The van der Waals surface area contributed by atoms with Crippen LogP contribution in [0, 0.1) is 11.3 Å². The number of benzene rings is 2. The van der Waals surface area contributed by atoms with Gasteiger partial charge >= 0.3 is 0 Å². The van der Waals surface area contributed by atoms with Gasteiger partial charge in [0.25, 0.3) is 0 Å². The fourth-order valence-electron chi connectivity index (χ4n) is 2.17. The number of hydrogen-bond acceptors (Lipinski definition) is 4. The highest BCUT2D eigenvalue weighted by atomic mass is 35.5. The monoisotopic (exact) mass is 356 g/mol. The molecule has 0 aliphatic heterocycles. The van der Waals surface area contributed by atoms with Crippen molar-refractivity contribution in [3.63, 3.8) is 0 Å². The second-order valence-electron chi connectivity index (χ2n) is 5.44. The van der Waals surface area contributed by atoms with E-state index >= 15 is 0 Å². The summed E-state index contributed by atoms with van der Waals surface area (Å²) in [7, 11) is 1.66. The van der Waals surface area contributed by atoms with Crippen molar-refractivity contribution >= 4 is 34.8 Å². The van der Waals surface area contributed by atoms with E-state index < -0.39 is 0 Å². The predicted molar refractivity (Wildman–Crippen MR) is 97.4 cm³/mol. The van der Waals surface area contributed by atoms with Crippen molar-refractivity contribution in [2.45, 2.75) is 0 Å². The maximum Gasteiger partial charge on any atom is 0.238 e. The molecule has 0 radical (unpaired) electrons. The van der Waals surface area contributed by atoms with Gasteiger partial charge in [0, 0.05) is 5.69 Å². The molecule has 0 fully saturated rings. The minimum absolute atomic E-state index is 0.0344. The first-order valence-corrected chi connectivity index (χ1v) is 7.88. The molecule has 0 saturated heterocycles. The van der Waals surface area contributed by atoms with Crippen molar-refractivity contribution in [1.29, 1.82) is 5.26 Å². The Morgan fingerprint density at radius 2 is 1.76 bits per heavy atom. The van der Waals surface area contributed by atoms with Gasteiger partial charge in [0.05, 0.1) is 35.4 Å². The van der Waals surface area contributed by atoms with Crippen LogP contribution in [0.15, 0.2) is 48.5 Å². The summed E-state index contributed by atoms with van der Waals surface area (Å²) in [6.07, 6.45) is 0. The Labute approximate surface area is 151 Å². The SMILES string of the molecule is CN(CC(=O)Nc1cccc(C#N)c1)CC(=O)Nc1ccccc1Cl. The smallest absolute Gasteiger partial charge is 0.238 e. The largest absolute Gasteiger partial charge is 0.325 e. The topological polar surface area (TPSA) is 85.2 Å². The van der Waals surface area contributed by atoms with E-state index in [1.165, 1.54) is 0 Å². The molecule has 2 aromatic carbocycles. The molecule has 0 aromatic heterocycles. The summed E-state index contributed by atoms with van der Waals surface area (Å²) in [5.41, 5.74) is 1.53. The Balaban J connectivity index is 1.83. The summed E-state index contributed by atoms with van der Waals surface area (Å²) in [5, 5.41) is 14.7. The molecule has 2 aromatic rings. The van der Waals surface area contributed by atoms with Gasteiger partial charge in [0.15, 0.2) is 0 Å². The first-order valence-electron chi connectivity index (χ1n) is 7.51. The number of para-hydroxylation sites is 1. The van der Waals surface area contributed by atoms with Crippen LogP contribution >= 0.6 is 11.6 Å². The number of carbonyl (C=O) groups excluding carboxylic acids is 2. The lowest BCUT2D eigenvalue weighted by atomic mass is 10.2. The van der Waals surface area contributed by atoms with Crippen LogP contribution < -0.4 is 10.6 Å². The standard InChI is InChI=1S/C18H17ClN4O2/c1-23(12-18(25)22-16-8-3-2-7-15(16)19)11-17(24)21-14-6-4-5-13(9-14)10-20/h2-9H,11-12H2,1H3,(H,21,24)(H,22,25). The van der Waals surface area contributed by atoms with Crippen molar-refractivity contribution in [3.05, 3.63) is 59.1 Å². The molecule has 6 nitrogen and oxygen atoms in total. The van der Waals surface area contributed by atoms with Crippen LogP contribution in [0.2, 0.25) is 5.02 Å². The highest BCUT2D eigenvalue weighted by molar-refractivity contribution is 6.33. The third kappa shape index (κ3) is 5.92. The maximum atomic E-state index is 12.0. The van der Waals surface area contributed by atoms with Gasteiger partial charge in [-0.1, -0.05) is 29.8 Å². The van der Waals surface area contributed by atoms with Crippen LogP contribution in [-0.2, 0) is 9.59 Å². The highest BCUT2D eigenvalue weighted by Crippen LogP contribution is 2.20. The first kappa shape index (κ1) is 18.5. The van der Waals surface area contributed by atoms with Gasteiger partial charge < -0.3 is 10.6 Å². The number of halogens is 1. The van der Waals surface area contributed by atoms with Gasteiger partial charge in [0.1, 0.15) is 0 Å². The fraction of sp³-hybridized carbons (Fsp3) is 0.167. The molecular weight excluding hydrogens is 340 g/mol. The Hall–Kier alpha value is -2.88. The Morgan fingerprint density at radius 1 is 1.08 bits per heavy atom. The quantitative estimate of drug-likeness (QED) is 0.833. The minimum atomic E-state index is -0.275. The average Bonchev–Trinajstić information content (AvgIpc) is 2.56. The number of nitrogens with one attached hydrogen (secondary N) is 2. The molecule has 0 heterocycles. The molecule has 2 N–H and O–H groups in total. The lowest BCUT2D eigenvalue weighted by Crippen LogP contribution is -2.36. The molecule has 2 amide bonds. The van der Waals surface area contributed by atoms with Gasteiger partial charge in [0.2, 0.25) is 11.8 Å². The third-order valence-corrected chi connectivity index (χ3v) is 3.58. The summed E-state index contributed by atoms with van der Waals surface area (Å²) in [6.45, 7) is 0.0730. The summed E-state index contributed by atoms with van der Waals surface area (Å²) in [4.78, 5) is 25.6. The summed E-state index contributed by atoms with van der Waals surface area (Å²) < 4.78 is 0. The van der Waals surface area contributed by atoms with Crippen LogP contribution in [0.5, 0.6) is 0 Å². The molecule has 0 saturated carbocycles. The normalized spacial score (nSPS) is 10.2. The zero-order valence-corrected chi connectivity index (χ0v) is 14.4. The molecule has 2 rings (SSSR count). The third-order valence-electron chi connectivity index (χ3n) is 3.25. The Bertz CT molecular complexity index is 817. The zero-order chi connectivity index (χ0) is 18.2. The molecule has 0 bridgehead atoms. The second kappa shape index (κ2) is 8.83. The fourth-order valence-corrected chi connectivity index (χ4v) is 2.35. The Morgan fingerprint density at radius 3 is 2.44 bits per heavy atom. The summed E-state index contributed by atoms with van der Waals surface area (Å²) in [6, 6.07) is 15.6. The van der Waals surface area contributed by atoms with E-state index in [1.54, 1.807) is 60.5 Å². The first-order chi connectivity index (χ1) is 12.0.